The molecule has 0 bridgehead atoms. The van der Waals surface area contributed by atoms with Crippen molar-refractivity contribution in [2.24, 2.45) is 0 Å². The number of nitrogens with one attached hydrogen (secondary N) is 1. The van der Waals surface area contributed by atoms with Gasteiger partial charge in [-0.2, -0.15) is 0 Å². The molecule has 0 saturated carbocycles. The lowest BCUT2D eigenvalue weighted by Gasteiger charge is -2.02. The van der Waals surface area contributed by atoms with Crippen LogP contribution in [-0.4, -0.2) is 12.0 Å². The number of rotatable bonds is 1. The first-order valence-electron chi connectivity index (χ1n) is 4.04. The average Bonchev–Trinajstić information content (AvgIpc) is 2.08. The van der Waals surface area contributed by atoms with Crippen molar-refractivity contribution in [3.05, 3.63) is 23.0 Å². The third-order valence-electron chi connectivity index (χ3n) is 1.35. The topological polar surface area (TPSA) is 24.9 Å². The maximum absolute atomic E-state index is 5.64. The Morgan fingerprint density at radius 1 is 1.42 bits per heavy atom. The maximum atomic E-state index is 5.64. The summed E-state index contributed by atoms with van der Waals surface area (Å²) >= 11 is 5.64. The fraction of sp³-hybridized carbons (Fsp3) is 0.444. The number of aromatic nitrogens is 1. The first-order valence-corrected chi connectivity index (χ1v) is 4.41. The molecule has 1 aromatic heterocycles. The number of anilines is 1. The summed E-state index contributed by atoms with van der Waals surface area (Å²) in [6.07, 6.45) is 1.72. The fourth-order valence-corrected chi connectivity index (χ4v) is 0.996. The number of halogens is 1. The van der Waals surface area contributed by atoms with Crippen LogP contribution in [0.2, 0.25) is 5.15 Å². The number of aryl methyl sites for hydroxylation is 1. The van der Waals surface area contributed by atoms with E-state index in [0.717, 1.165) is 11.3 Å². The highest BCUT2D eigenvalue weighted by molar-refractivity contribution is 6.29. The van der Waals surface area contributed by atoms with Crippen LogP contribution in [0.15, 0.2) is 12.3 Å². The van der Waals surface area contributed by atoms with Gasteiger partial charge in [-0.1, -0.05) is 25.4 Å². The minimum atomic E-state index is 0.538. The molecule has 0 aliphatic heterocycles. The highest BCUT2D eigenvalue weighted by Gasteiger charge is 1.95. The average molecular weight is 187 g/mol. The number of nitrogens with zero attached hydrogens (tertiary/aromatic N) is 1. The van der Waals surface area contributed by atoms with Crippen molar-refractivity contribution in [2.75, 3.05) is 12.4 Å². The summed E-state index contributed by atoms with van der Waals surface area (Å²) in [5, 5.41) is 3.54. The van der Waals surface area contributed by atoms with Crippen molar-refractivity contribution in [2.45, 2.75) is 20.8 Å². The summed E-state index contributed by atoms with van der Waals surface area (Å²) < 4.78 is 0. The molecule has 0 unspecified atom stereocenters. The molecule has 1 heterocycles. The predicted octanol–water partition coefficient (Wildman–Crippen LogP) is 3.11. The molecule has 1 N–H and O–H groups in total. The van der Waals surface area contributed by atoms with Gasteiger partial charge in [0.15, 0.2) is 0 Å². The van der Waals surface area contributed by atoms with Crippen LogP contribution < -0.4 is 5.32 Å². The third-order valence-corrected chi connectivity index (χ3v) is 1.55. The van der Waals surface area contributed by atoms with Gasteiger partial charge in [0.1, 0.15) is 5.15 Å². The second-order valence-electron chi connectivity index (χ2n) is 2.07. The molecule has 0 saturated heterocycles. The summed E-state index contributed by atoms with van der Waals surface area (Å²) in [5.41, 5.74) is 2.13. The first kappa shape index (κ1) is 11.2. The zero-order chi connectivity index (χ0) is 9.56. The van der Waals surface area contributed by atoms with Gasteiger partial charge in [0, 0.05) is 7.05 Å². The zero-order valence-electron chi connectivity index (χ0n) is 7.98. The van der Waals surface area contributed by atoms with E-state index >= 15 is 0 Å². The predicted molar refractivity (Wildman–Crippen MR) is 54.9 cm³/mol. The highest BCUT2D eigenvalue weighted by Crippen LogP contribution is 2.15. The minimum Gasteiger partial charge on any atom is -0.387 e. The highest BCUT2D eigenvalue weighted by atomic mass is 35.5. The van der Waals surface area contributed by atoms with Crippen LogP contribution in [0.1, 0.15) is 19.4 Å². The monoisotopic (exact) mass is 186 g/mol. The molecule has 12 heavy (non-hydrogen) atoms. The molecule has 0 aromatic carbocycles. The van der Waals surface area contributed by atoms with Crippen molar-refractivity contribution in [1.82, 2.24) is 4.98 Å². The van der Waals surface area contributed by atoms with Crippen LogP contribution >= 0.6 is 11.6 Å². The van der Waals surface area contributed by atoms with E-state index in [4.69, 9.17) is 11.6 Å². The van der Waals surface area contributed by atoms with Gasteiger partial charge < -0.3 is 5.32 Å². The quantitative estimate of drug-likeness (QED) is 0.682. The van der Waals surface area contributed by atoms with E-state index in [1.165, 1.54) is 0 Å². The van der Waals surface area contributed by atoms with Crippen LogP contribution in [0.4, 0.5) is 5.69 Å². The van der Waals surface area contributed by atoms with Crippen molar-refractivity contribution in [3.8, 4) is 0 Å². The molecule has 0 aliphatic rings. The Hall–Kier alpha value is -0.760. The number of hydrogen-bond acceptors (Lipinski definition) is 2. The molecule has 0 atom stereocenters. The van der Waals surface area contributed by atoms with Crippen molar-refractivity contribution >= 4 is 17.3 Å². The van der Waals surface area contributed by atoms with Crippen LogP contribution in [0.3, 0.4) is 0 Å². The van der Waals surface area contributed by atoms with Gasteiger partial charge in [-0.15, -0.1) is 0 Å². The second-order valence-corrected chi connectivity index (χ2v) is 2.46. The normalized spacial score (nSPS) is 8.42. The van der Waals surface area contributed by atoms with E-state index in [-0.39, 0.29) is 0 Å². The molecule has 0 amide bonds. The van der Waals surface area contributed by atoms with E-state index in [2.05, 4.69) is 10.3 Å². The Kier molecular flexibility index (Phi) is 5.47. The second kappa shape index (κ2) is 5.84. The van der Waals surface area contributed by atoms with E-state index in [9.17, 15) is 0 Å². The lowest BCUT2D eigenvalue weighted by molar-refractivity contribution is 1.27. The minimum absolute atomic E-state index is 0.538. The van der Waals surface area contributed by atoms with Crippen molar-refractivity contribution in [1.29, 1.82) is 0 Å². The Balaban J connectivity index is 0.000000561. The smallest absolute Gasteiger partial charge is 0.129 e. The van der Waals surface area contributed by atoms with Crippen molar-refractivity contribution < 1.29 is 0 Å². The van der Waals surface area contributed by atoms with Gasteiger partial charge in [-0.25, -0.2) is 4.98 Å². The maximum Gasteiger partial charge on any atom is 0.129 e. The van der Waals surface area contributed by atoms with E-state index in [1.807, 2.05) is 33.9 Å². The van der Waals surface area contributed by atoms with Gasteiger partial charge in [0.25, 0.3) is 0 Å². The van der Waals surface area contributed by atoms with E-state index in [1.54, 1.807) is 6.20 Å². The molecular formula is C9H15ClN2. The number of pyridine rings is 1. The lowest BCUT2D eigenvalue weighted by atomic mass is 10.2. The van der Waals surface area contributed by atoms with Crippen LogP contribution in [0, 0.1) is 6.92 Å². The number of hydrogen-bond donors (Lipinski definition) is 1. The van der Waals surface area contributed by atoms with Crippen LogP contribution in [0.25, 0.3) is 0 Å². The summed E-state index contributed by atoms with van der Waals surface area (Å²) in [7, 11) is 1.86. The molecule has 2 nitrogen and oxygen atoms in total. The molecule has 1 rings (SSSR count). The van der Waals surface area contributed by atoms with E-state index < -0.39 is 0 Å². The first-order chi connectivity index (χ1) is 5.74. The molecule has 0 aliphatic carbocycles. The Bertz CT molecular complexity index is 236. The largest absolute Gasteiger partial charge is 0.387 e. The summed E-state index contributed by atoms with van der Waals surface area (Å²) in [5.74, 6) is 0. The summed E-state index contributed by atoms with van der Waals surface area (Å²) in [6, 6.07) is 1.83. The van der Waals surface area contributed by atoms with Gasteiger partial charge in [0.2, 0.25) is 0 Å². The van der Waals surface area contributed by atoms with E-state index in [0.29, 0.717) is 5.15 Å². The van der Waals surface area contributed by atoms with Gasteiger partial charge in [-0.05, 0) is 18.6 Å². The fourth-order valence-electron chi connectivity index (χ4n) is 0.783. The third kappa shape index (κ3) is 3.09. The molecule has 0 fully saturated rings. The molecule has 0 spiro atoms. The Labute approximate surface area is 79.0 Å². The van der Waals surface area contributed by atoms with Crippen LogP contribution in [-0.2, 0) is 0 Å². The molecular weight excluding hydrogens is 172 g/mol. The van der Waals surface area contributed by atoms with Crippen LogP contribution in [0.5, 0.6) is 0 Å². The lowest BCUT2D eigenvalue weighted by Crippen LogP contribution is -1.92. The van der Waals surface area contributed by atoms with Gasteiger partial charge in [0.05, 0.1) is 11.9 Å². The van der Waals surface area contributed by atoms with Gasteiger partial charge in [-0.3, -0.25) is 0 Å². The molecule has 0 radical (unpaired) electrons. The zero-order valence-corrected chi connectivity index (χ0v) is 8.74. The Morgan fingerprint density at radius 2 is 2.00 bits per heavy atom. The standard InChI is InChI=1S/C7H9ClN2.C2H6/c1-5-3-7(8)10-4-6(5)9-2;1-2/h3-4,9H,1-2H3;1-2H3. The SMILES string of the molecule is CC.CNc1cnc(Cl)cc1C. The Morgan fingerprint density at radius 3 is 2.42 bits per heavy atom. The summed E-state index contributed by atoms with van der Waals surface area (Å²) in [6.45, 7) is 5.99. The van der Waals surface area contributed by atoms with Gasteiger partial charge >= 0.3 is 0 Å². The van der Waals surface area contributed by atoms with Crippen molar-refractivity contribution in [3.63, 3.8) is 0 Å². The molecule has 3 heteroatoms. The summed E-state index contributed by atoms with van der Waals surface area (Å²) in [4.78, 5) is 3.91. The molecule has 68 valence electrons. The molecule has 1 aromatic rings.